The molecule has 0 saturated heterocycles. The highest BCUT2D eigenvalue weighted by atomic mass is 16.6. The molecule has 0 radical (unpaired) electrons. The molecule has 2 aromatic carbocycles. The third-order valence-corrected chi connectivity index (χ3v) is 9.12. The molecular formula is C37H45N9O4. The minimum absolute atomic E-state index is 0.0967. The number of tetrazole rings is 1. The largest absolute Gasteiger partial charge is 0.444 e. The van der Waals surface area contributed by atoms with Crippen LogP contribution >= 0.6 is 0 Å². The molecular weight excluding hydrogens is 634 g/mol. The van der Waals surface area contributed by atoms with Gasteiger partial charge in [-0.2, -0.15) is 5.21 Å². The van der Waals surface area contributed by atoms with Crippen LogP contribution in [0.3, 0.4) is 0 Å². The lowest BCUT2D eigenvalue weighted by molar-refractivity contribution is -0.129. The lowest BCUT2D eigenvalue weighted by Crippen LogP contribution is -2.37. The number of ketones is 1. The van der Waals surface area contributed by atoms with Crippen LogP contribution < -0.4 is 16.0 Å². The number of nitrogens with one attached hydrogen (secondary N) is 4. The number of hydrogen-bond acceptors (Lipinski definition) is 10. The number of hydrogen-bond donors (Lipinski definition) is 4. The van der Waals surface area contributed by atoms with E-state index in [1.165, 1.54) is 0 Å². The summed E-state index contributed by atoms with van der Waals surface area (Å²) in [6.07, 6.45) is 9.12. The summed E-state index contributed by atoms with van der Waals surface area (Å²) in [5, 5.41) is 23.3. The van der Waals surface area contributed by atoms with E-state index in [0.29, 0.717) is 36.5 Å². The lowest BCUT2D eigenvalue weighted by Gasteiger charge is -2.29. The fraction of sp³-hybridized carbons (Fsp3) is 0.459. The van der Waals surface area contributed by atoms with Crippen molar-refractivity contribution in [1.29, 1.82) is 0 Å². The van der Waals surface area contributed by atoms with Crippen LogP contribution in [-0.2, 0) is 20.7 Å². The Labute approximate surface area is 291 Å². The van der Waals surface area contributed by atoms with Crippen LogP contribution in [0, 0.1) is 17.8 Å². The van der Waals surface area contributed by atoms with Crippen LogP contribution in [0.15, 0.2) is 60.9 Å². The minimum atomic E-state index is -0.581. The summed E-state index contributed by atoms with van der Waals surface area (Å²) >= 11 is 0. The summed E-state index contributed by atoms with van der Waals surface area (Å²) in [5.41, 5.74) is 3.59. The van der Waals surface area contributed by atoms with E-state index < -0.39 is 17.6 Å². The third kappa shape index (κ3) is 9.93. The van der Waals surface area contributed by atoms with Crippen molar-refractivity contribution in [2.75, 3.05) is 17.2 Å². The van der Waals surface area contributed by atoms with E-state index in [2.05, 4.69) is 46.5 Å². The average molecular weight is 680 g/mol. The Morgan fingerprint density at radius 2 is 1.66 bits per heavy atom. The first-order chi connectivity index (χ1) is 24.1. The van der Waals surface area contributed by atoms with Gasteiger partial charge >= 0.3 is 6.09 Å². The summed E-state index contributed by atoms with van der Waals surface area (Å²) in [6, 6.07) is 15.7. The van der Waals surface area contributed by atoms with E-state index >= 15 is 0 Å². The Bertz CT molecular complexity index is 1740. The number of anilines is 2. The Morgan fingerprint density at radius 1 is 0.920 bits per heavy atom. The Kier molecular flexibility index (Phi) is 10.8. The minimum Gasteiger partial charge on any atom is -0.444 e. The van der Waals surface area contributed by atoms with Crippen molar-refractivity contribution in [2.45, 2.75) is 83.8 Å². The van der Waals surface area contributed by atoms with Crippen molar-refractivity contribution in [2.24, 2.45) is 17.8 Å². The molecule has 0 spiro atoms. The van der Waals surface area contributed by atoms with E-state index in [4.69, 9.17) is 4.74 Å². The zero-order valence-corrected chi connectivity index (χ0v) is 28.8. The number of rotatable bonds is 13. The van der Waals surface area contributed by atoms with Gasteiger partial charge in [-0.3, -0.25) is 9.59 Å². The van der Waals surface area contributed by atoms with Crippen LogP contribution in [0.1, 0.15) is 71.3 Å². The standard InChI is InChI=1S/C37H45N9O4/c1-37(2,3)50-36(49)40-20-23-7-9-25(10-8-23)32(47)19-28(34(48)41-30-13-11-26(12-14-30)33-43-45-46-44-33)18-24-5-4-6-27(17-24)29-21-38-35(39-22-29)42-31-15-16-31/h4-6,11-14,17,21-23,25,28,31H,7-10,15-16,18-20H2,1-3H3,(H,40,49)(H,41,48)(H,38,39,42)(H,43,44,45,46)/t23?,25?,28-/m1/s1. The number of amides is 2. The number of aromatic amines is 1. The first kappa shape index (κ1) is 34.7. The zero-order chi connectivity index (χ0) is 35.1. The van der Waals surface area contributed by atoms with E-state index in [0.717, 1.165) is 60.8 Å². The molecule has 0 aliphatic heterocycles. The molecule has 0 bridgehead atoms. The van der Waals surface area contributed by atoms with Gasteiger partial charge in [0, 0.05) is 60.1 Å². The van der Waals surface area contributed by atoms with E-state index in [-0.39, 0.29) is 29.9 Å². The summed E-state index contributed by atoms with van der Waals surface area (Å²) in [4.78, 5) is 48.7. The number of benzene rings is 2. The number of H-pyrrole nitrogens is 1. The van der Waals surface area contributed by atoms with E-state index in [9.17, 15) is 14.4 Å². The molecule has 2 heterocycles. The van der Waals surface area contributed by atoms with Crippen molar-refractivity contribution in [1.82, 2.24) is 35.9 Å². The van der Waals surface area contributed by atoms with Gasteiger partial charge in [-0.25, -0.2) is 14.8 Å². The van der Waals surface area contributed by atoms with Crippen molar-refractivity contribution >= 4 is 29.4 Å². The lowest BCUT2D eigenvalue weighted by atomic mass is 9.77. The van der Waals surface area contributed by atoms with Crippen molar-refractivity contribution in [3.63, 3.8) is 0 Å². The monoisotopic (exact) mass is 679 g/mol. The Balaban J connectivity index is 1.11. The molecule has 2 aromatic heterocycles. The van der Waals surface area contributed by atoms with Gasteiger partial charge in [0.05, 0.1) is 0 Å². The van der Waals surface area contributed by atoms with Crippen LogP contribution in [0.2, 0.25) is 0 Å². The number of aromatic nitrogens is 6. The van der Waals surface area contributed by atoms with E-state index in [1.54, 1.807) is 12.1 Å². The highest BCUT2D eigenvalue weighted by Gasteiger charge is 2.31. The molecule has 2 fully saturated rings. The van der Waals surface area contributed by atoms with Gasteiger partial charge in [-0.05, 0) is 112 Å². The predicted octanol–water partition coefficient (Wildman–Crippen LogP) is 5.99. The number of Topliss-reactive ketones (excluding diaryl/α,β-unsaturated/α-hetero) is 1. The molecule has 50 heavy (non-hydrogen) atoms. The molecule has 2 saturated carbocycles. The number of carbonyl (C=O) groups excluding carboxylic acids is 3. The van der Waals surface area contributed by atoms with Crippen molar-refractivity contribution in [3.8, 4) is 22.5 Å². The topological polar surface area (TPSA) is 177 Å². The van der Waals surface area contributed by atoms with Crippen molar-refractivity contribution < 1.29 is 19.1 Å². The molecule has 13 heteroatoms. The molecule has 0 unspecified atom stereocenters. The summed E-state index contributed by atoms with van der Waals surface area (Å²) in [7, 11) is 0. The third-order valence-electron chi connectivity index (χ3n) is 9.12. The molecule has 1 atom stereocenters. The zero-order valence-electron chi connectivity index (χ0n) is 28.8. The molecule has 4 N–H and O–H groups in total. The number of carbonyl (C=O) groups is 3. The molecule has 262 valence electrons. The quantitative estimate of drug-likeness (QED) is 0.131. The Hall–Kier alpha value is -5.20. The second kappa shape index (κ2) is 15.6. The first-order valence-corrected chi connectivity index (χ1v) is 17.4. The fourth-order valence-electron chi connectivity index (χ4n) is 6.25. The van der Waals surface area contributed by atoms with Gasteiger partial charge in [-0.1, -0.05) is 24.3 Å². The second-order valence-corrected chi connectivity index (χ2v) is 14.4. The van der Waals surface area contributed by atoms with Gasteiger partial charge in [0.1, 0.15) is 11.4 Å². The fourth-order valence-corrected chi connectivity index (χ4v) is 6.25. The van der Waals surface area contributed by atoms with Crippen LogP contribution in [-0.4, -0.2) is 66.6 Å². The molecule has 4 aromatic rings. The number of nitrogens with zero attached hydrogens (tertiary/aromatic N) is 5. The van der Waals surface area contributed by atoms with Crippen molar-refractivity contribution in [3.05, 3.63) is 66.5 Å². The average Bonchev–Trinajstić information content (AvgIpc) is 3.74. The first-order valence-electron chi connectivity index (χ1n) is 17.4. The summed E-state index contributed by atoms with van der Waals surface area (Å²) in [5.74, 6) is 0.546. The van der Waals surface area contributed by atoms with Crippen LogP contribution in [0.4, 0.5) is 16.4 Å². The second-order valence-electron chi connectivity index (χ2n) is 14.4. The smallest absolute Gasteiger partial charge is 0.407 e. The van der Waals surface area contributed by atoms with Gasteiger partial charge in [0.25, 0.3) is 0 Å². The maximum Gasteiger partial charge on any atom is 0.407 e. The molecule has 13 nitrogen and oxygen atoms in total. The van der Waals surface area contributed by atoms with Gasteiger partial charge in [0.2, 0.25) is 17.7 Å². The van der Waals surface area contributed by atoms with Crippen LogP contribution in [0.25, 0.3) is 22.5 Å². The SMILES string of the molecule is CC(C)(C)OC(=O)NCC1CCC(C(=O)C[C@@H](Cc2cccc(-c3cnc(NC4CC4)nc3)c2)C(=O)Nc2ccc(-c3nn[nH]n3)cc2)CC1. The highest BCUT2D eigenvalue weighted by molar-refractivity contribution is 5.96. The molecule has 6 rings (SSSR count). The highest BCUT2D eigenvalue weighted by Crippen LogP contribution is 2.32. The number of ether oxygens (including phenoxy) is 1. The van der Waals surface area contributed by atoms with Crippen LogP contribution in [0.5, 0.6) is 0 Å². The van der Waals surface area contributed by atoms with Gasteiger partial charge < -0.3 is 20.7 Å². The summed E-state index contributed by atoms with van der Waals surface area (Å²) in [6.45, 7) is 6.03. The van der Waals surface area contributed by atoms with Gasteiger partial charge in [-0.15, -0.1) is 10.2 Å². The Morgan fingerprint density at radius 3 is 2.32 bits per heavy atom. The normalized spacial score (nSPS) is 18.1. The van der Waals surface area contributed by atoms with Gasteiger partial charge in [0.15, 0.2) is 0 Å². The number of alkyl carbamates (subject to hydrolysis) is 1. The maximum absolute atomic E-state index is 13.9. The van der Waals surface area contributed by atoms with E-state index in [1.807, 2.05) is 69.6 Å². The molecule has 2 aliphatic carbocycles. The molecule has 2 amide bonds. The predicted molar refractivity (Wildman–Crippen MR) is 189 cm³/mol. The molecule has 2 aliphatic rings. The summed E-state index contributed by atoms with van der Waals surface area (Å²) < 4.78 is 5.36. The maximum atomic E-state index is 13.9.